The van der Waals surface area contributed by atoms with Crippen molar-refractivity contribution in [2.75, 3.05) is 26.2 Å². The van der Waals surface area contributed by atoms with Gasteiger partial charge < -0.3 is 29.5 Å². The van der Waals surface area contributed by atoms with E-state index in [9.17, 15) is 19.5 Å². The lowest BCUT2D eigenvalue weighted by molar-refractivity contribution is -0.171. The van der Waals surface area contributed by atoms with Crippen molar-refractivity contribution >= 4 is 23.5 Å². The number of phenols is 1. The summed E-state index contributed by atoms with van der Waals surface area (Å²) in [5, 5.41) is 15.0. The second-order valence-electron chi connectivity index (χ2n) is 17.6. The standard InChI is InChI=1S/C45H58N2O7/c1-27(2)13-12-18-43(8)19-17-31-36(48)35-37(49)33-25-30-26-34-42(6,7)54-44(40(30)50,20-16-29(5)41(51)46-21-24-47-22-10-9-11-23-47)45(33,34)53-39(35)32(38(31)52-43)15-14-28(3)4/h13-14,16-17,19,25,30,34,48H,9-12,15,18,20-24,26H2,1-8H3,(H,46,51). The van der Waals surface area contributed by atoms with Gasteiger partial charge in [-0.25, -0.2) is 0 Å². The number of rotatable bonds is 11. The Morgan fingerprint density at radius 2 is 1.70 bits per heavy atom. The van der Waals surface area contributed by atoms with Crippen LogP contribution in [-0.4, -0.2) is 76.1 Å². The first-order chi connectivity index (χ1) is 25.5. The Balaban J connectivity index is 1.30. The molecule has 0 radical (unpaired) electrons. The number of nitrogens with one attached hydrogen (secondary N) is 1. The molecule has 9 heteroatoms. The molecular formula is C45H58N2O7. The van der Waals surface area contributed by atoms with E-state index in [1.165, 1.54) is 24.8 Å². The molecule has 1 saturated carbocycles. The summed E-state index contributed by atoms with van der Waals surface area (Å²) in [7, 11) is 0. The number of amides is 1. The molecule has 9 nitrogen and oxygen atoms in total. The third-order valence-corrected chi connectivity index (χ3v) is 12.7. The molecule has 0 aromatic heterocycles. The van der Waals surface area contributed by atoms with Gasteiger partial charge in [0.1, 0.15) is 28.4 Å². The zero-order chi connectivity index (χ0) is 38.8. The maximum Gasteiger partial charge on any atom is 0.246 e. The van der Waals surface area contributed by atoms with Gasteiger partial charge in [0.25, 0.3) is 0 Å². The van der Waals surface area contributed by atoms with Crippen molar-refractivity contribution in [2.24, 2.45) is 11.8 Å². The van der Waals surface area contributed by atoms with Gasteiger partial charge in [-0.05, 0) is 119 Å². The van der Waals surface area contributed by atoms with Crippen LogP contribution in [0.2, 0.25) is 0 Å². The number of aromatic hydroxyl groups is 1. The number of piperidine rings is 1. The molecule has 7 aliphatic rings. The SMILES string of the molecule is CC(C)=CCCC1(C)C=Cc2c(O)c3c(c(CC=C(C)C)c2O1)OC12C(=CC4CC1C(C)(C)OC2(CC=C(C)C(=O)NCCN1CCCCC1)C4=O)C3=O. The highest BCUT2D eigenvalue weighted by atomic mass is 16.6. The third-order valence-electron chi connectivity index (χ3n) is 12.7. The molecule has 3 fully saturated rings. The van der Waals surface area contributed by atoms with Crippen molar-refractivity contribution < 1.29 is 33.7 Å². The van der Waals surface area contributed by atoms with Crippen LogP contribution in [-0.2, 0) is 20.7 Å². The van der Waals surface area contributed by atoms with Crippen molar-refractivity contribution in [2.45, 2.75) is 129 Å². The first-order valence-corrected chi connectivity index (χ1v) is 20.0. The zero-order valence-electron chi connectivity index (χ0n) is 33.4. The van der Waals surface area contributed by atoms with Gasteiger partial charge in [0.2, 0.25) is 5.91 Å². The fourth-order valence-corrected chi connectivity index (χ4v) is 9.83. The molecule has 4 aliphatic heterocycles. The van der Waals surface area contributed by atoms with E-state index in [-0.39, 0.29) is 46.9 Å². The Morgan fingerprint density at radius 1 is 0.981 bits per heavy atom. The van der Waals surface area contributed by atoms with E-state index in [2.05, 4.69) is 36.2 Å². The first kappa shape index (κ1) is 38.3. The molecule has 8 rings (SSSR count). The molecule has 2 N–H and O–H groups in total. The Kier molecular flexibility index (Phi) is 9.91. The van der Waals surface area contributed by atoms with Crippen molar-refractivity contribution in [3.63, 3.8) is 0 Å². The van der Waals surface area contributed by atoms with E-state index in [0.717, 1.165) is 31.6 Å². The second-order valence-corrected chi connectivity index (χ2v) is 17.6. The summed E-state index contributed by atoms with van der Waals surface area (Å²) in [5.74, 6) is -1.04. The van der Waals surface area contributed by atoms with Gasteiger partial charge in [-0.2, -0.15) is 0 Å². The predicted molar refractivity (Wildman–Crippen MR) is 210 cm³/mol. The highest BCUT2D eigenvalue weighted by Gasteiger charge is 2.81. The highest BCUT2D eigenvalue weighted by Crippen LogP contribution is 2.68. The molecule has 1 spiro atoms. The van der Waals surface area contributed by atoms with Crippen LogP contribution >= 0.6 is 0 Å². The van der Waals surface area contributed by atoms with E-state index in [4.69, 9.17) is 14.2 Å². The number of fused-ring (bicyclic) bond motifs is 2. The maximum atomic E-state index is 15.0. The van der Waals surface area contributed by atoms with Crippen molar-refractivity contribution in [1.82, 2.24) is 10.2 Å². The molecule has 1 aromatic rings. The minimum Gasteiger partial charge on any atom is -0.506 e. The summed E-state index contributed by atoms with van der Waals surface area (Å²) in [6, 6.07) is 0. The Labute approximate surface area is 320 Å². The van der Waals surface area contributed by atoms with E-state index >= 15 is 0 Å². The molecule has 290 valence electrons. The minimum atomic E-state index is -1.56. The number of likely N-dealkylation sites (tertiary alicyclic amines) is 1. The van der Waals surface area contributed by atoms with Gasteiger partial charge in [-0.15, -0.1) is 0 Å². The van der Waals surface area contributed by atoms with Crippen LogP contribution in [0.25, 0.3) is 6.08 Å². The molecule has 5 unspecified atom stereocenters. The number of carbonyl (C=O) groups excluding carboxylic acids is 3. The van der Waals surface area contributed by atoms with Crippen LogP contribution in [0.1, 0.15) is 122 Å². The molecule has 54 heavy (non-hydrogen) atoms. The lowest BCUT2D eigenvalue weighted by Gasteiger charge is -2.56. The second kappa shape index (κ2) is 14.0. The van der Waals surface area contributed by atoms with Crippen LogP contribution in [0.5, 0.6) is 17.2 Å². The van der Waals surface area contributed by atoms with Crippen molar-refractivity contribution in [1.29, 1.82) is 0 Å². The number of hydrogen-bond acceptors (Lipinski definition) is 8. The van der Waals surface area contributed by atoms with Gasteiger partial charge >= 0.3 is 0 Å². The largest absolute Gasteiger partial charge is 0.506 e. The summed E-state index contributed by atoms with van der Waals surface area (Å²) >= 11 is 0. The minimum absolute atomic E-state index is 0.0650. The van der Waals surface area contributed by atoms with Gasteiger partial charge in [0.05, 0.1) is 11.2 Å². The van der Waals surface area contributed by atoms with E-state index < -0.39 is 28.3 Å². The number of allylic oxidation sites excluding steroid dienone is 5. The Bertz CT molecular complexity index is 1920. The van der Waals surface area contributed by atoms with Crippen LogP contribution in [0.3, 0.4) is 0 Å². The zero-order valence-corrected chi connectivity index (χ0v) is 33.4. The summed E-state index contributed by atoms with van der Waals surface area (Å²) in [6.07, 6.45) is 17.7. The number of nitrogens with zero attached hydrogens (tertiary/aromatic N) is 1. The smallest absolute Gasteiger partial charge is 0.246 e. The molecule has 3 aliphatic carbocycles. The number of hydrogen-bond donors (Lipinski definition) is 2. The quantitative estimate of drug-likeness (QED) is 0.175. The molecule has 4 bridgehead atoms. The van der Waals surface area contributed by atoms with Gasteiger partial charge in [0.15, 0.2) is 22.8 Å². The number of Topliss-reactive ketones (excluding diaryl/α,β-unsaturated/α-hetero) is 2. The van der Waals surface area contributed by atoms with E-state index in [0.29, 0.717) is 53.8 Å². The van der Waals surface area contributed by atoms with E-state index in [1.54, 1.807) is 19.1 Å². The average molecular weight is 739 g/mol. The number of benzene rings is 1. The molecule has 4 heterocycles. The van der Waals surface area contributed by atoms with Gasteiger partial charge in [-0.3, -0.25) is 14.4 Å². The monoisotopic (exact) mass is 738 g/mol. The van der Waals surface area contributed by atoms with Crippen LogP contribution in [0.4, 0.5) is 0 Å². The van der Waals surface area contributed by atoms with Crippen molar-refractivity contribution in [3.8, 4) is 17.2 Å². The highest BCUT2D eigenvalue weighted by molar-refractivity contribution is 6.19. The van der Waals surface area contributed by atoms with Crippen LogP contribution in [0, 0.1) is 11.8 Å². The fourth-order valence-electron chi connectivity index (χ4n) is 9.83. The summed E-state index contributed by atoms with van der Waals surface area (Å²) in [6.45, 7) is 19.3. The van der Waals surface area contributed by atoms with E-state index in [1.807, 2.05) is 46.8 Å². The average Bonchev–Trinajstić information content (AvgIpc) is 3.27. The van der Waals surface area contributed by atoms with Crippen LogP contribution < -0.4 is 14.8 Å². The lowest BCUT2D eigenvalue weighted by atomic mass is 9.51. The number of ketones is 2. The summed E-state index contributed by atoms with van der Waals surface area (Å²) in [5.41, 5.74) is -0.174. The first-order valence-electron chi connectivity index (χ1n) is 20.0. The number of phenolic OH excluding ortho intramolecular Hbond substituents is 1. The normalized spacial score (nSPS) is 30.4. The molecular weight excluding hydrogens is 681 g/mol. The molecule has 5 atom stereocenters. The summed E-state index contributed by atoms with van der Waals surface area (Å²) < 4.78 is 21.1. The fraction of sp³-hybridized carbons (Fsp3) is 0.578. The Morgan fingerprint density at radius 3 is 2.41 bits per heavy atom. The molecule has 2 saturated heterocycles. The van der Waals surface area contributed by atoms with Crippen LogP contribution in [0.15, 0.2) is 52.7 Å². The van der Waals surface area contributed by atoms with Gasteiger partial charge in [0, 0.05) is 48.1 Å². The Hall–Kier alpha value is -3.95. The topological polar surface area (TPSA) is 114 Å². The maximum absolute atomic E-state index is 15.0. The molecule has 1 amide bonds. The van der Waals surface area contributed by atoms with Crippen molar-refractivity contribution in [3.05, 3.63) is 69.4 Å². The predicted octanol–water partition coefficient (Wildman–Crippen LogP) is 7.76. The molecule has 1 aromatic carbocycles. The lowest BCUT2D eigenvalue weighted by Crippen LogP contribution is -2.72. The number of carbonyl (C=O) groups is 3. The number of ether oxygens (including phenoxy) is 3. The summed E-state index contributed by atoms with van der Waals surface area (Å²) in [4.78, 5) is 45.4. The third kappa shape index (κ3) is 6.19. The van der Waals surface area contributed by atoms with Gasteiger partial charge in [-0.1, -0.05) is 41.9 Å².